The molecule has 0 aliphatic carbocycles. The van der Waals surface area contributed by atoms with Crippen molar-refractivity contribution < 1.29 is 13.9 Å². The summed E-state index contributed by atoms with van der Waals surface area (Å²) in [7, 11) is 3.11. The lowest BCUT2D eigenvalue weighted by atomic mass is 10.1. The van der Waals surface area contributed by atoms with Gasteiger partial charge >= 0.3 is 0 Å². The van der Waals surface area contributed by atoms with Gasteiger partial charge in [-0.1, -0.05) is 0 Å². The Morgan fingerprint density at radius 3 is 2.83 bits per heavy atom. The van der Waals surface area contributed by atoms with Crippen LogP contribution in [-0.4, -0.2) is 22.7 Å². The first kappa shape index (κ1) is 12.8. The van der Waals surface area contributed by atoms with E-state index in [1.807, 2.05) is 0 Å². The van der Waals surface area contributed by atoms with Crippen LogP contribution in [0.2, 0.25) is 0 Å². The predicted molar refractivity (Wildman–Crippen MR) is 67.3 cm³/mol. The van der Waals surface area contributed by atoms with Gasteiger partial charge in [0.2, 0.25) is 5.78 Å². The van der Waals surface area contributed by atoms with Gasteiger partial charge in [0.15, 0.2) is 11.4 Å². The molecule has 6 heteroatoms. The average Bonchev–Trinajstić information content (AvgIpc) is 2.69. The van der Waals surface area contributed by atoms with E-state index in [-0.39, 0.29) is 5.78 Å². The number of ketones is 1. The largest absolute Gasteiger partial charge is 0.493 e. The maximum absolute atomic E-state index is 13.0. The molecule has 0 radical (unpaired) electrons. The number of aromatic nitrogens is 2. The Kier molecular flexibility index (Phi) is 3.47. The van der Waals surface area contributed by atoms with Crippen LogP contribution in [0.15, 0.2) is 28.9 Å². The molecule has 1 aromatic carbocycles. The number of hydrogen-bond donors (Lipinski definition) is 0. The summed E-state index contributed by atoms with van der Waals surface area (Å²) < 4.78 is 19.9. The average molecular weight is 313 g/mol. The fourth-order valence-electron chi connectivity index (χ4n) is 1.63. The first-order chi connectivity index (χ1) is 8.54. The molecule has 0 saturated carbocycles. The first-order valence-electron chi connectivity index (χ1n) is 5.10. The van der Waals surface area contributed by atoms with Gasteiger partial charge in [-0.05, 0) is 34.1 Å². The van der Waals surface area contributed by atoms with Crippen LogP contribution in [-0.2, 0) is 7.05 Å². The standard InChI is InChI=1S/C12H10BrFN2O2/c1-16-11(10(18-2)6-15-16)12(17)8-4-3-7(14)5-9(8)13/h3-6H,1-2H3. The number of benzene rings is 1. The van der Waals surface area contributed by atoms with Crippen LogP contribution in [0.5, 0.6) is 5.75 Å². The summed E-state index contributed by atoms with van der Waals surface area (Å²) in [5.74, 6) is -0.298. The number of carbonyl (C=O) groups is 1. The molecule has 0 aliphatic heterocycles. The first-order valence-corrected chi connectivity index (χ1v) is 5.89. The van der Waals surface area contributed by atoms with Crippen molar-refractivity contribution in [3.05, 3.63) is 45.9 Å². The summed E-state index contributed by atoms with van der Waals surface area (Å²) in [6, 6.07) is 3.91. The van der Waals surface area contributed by atoms with Gasteiger partial charge < -0.3 is 4.74 Å². The Hall–Kier alpha value is -1.69. The molecule has 1 aromatic heterocycles. The van der Waals surface area contributed by atoms with Gasteiger partial charge in [0, 0.05) is 17.1 Å². The van der Waals surface area contributed by atoms with Crippen LogP contribution in [0.1, 0.15) is 16.1 Å². The predicted octanol–water partition coefficient (Wildman–Crippen LogP) is 2.56. The molecule has 0 N–H and O–H groups in total. The van der Waals surface area contributed by atoms with E-state index in [0.717, 1.165) is 0 Å². The van der Waals surface area contributed by atoms with Crippen molar-refractivity contribution in [2.45, 2.75) is 0 Å². The van der Waals surface area contributed by atoms with E-state index >= 15 is 0 Å². The lowest BCUT2D eigenvalue weighted by Gasteiger charge is -2.06. The van der Waals surface area contributed by atoms with Crippen molar-refractivity contribution in [1.29, 1.82) is 0 Å². The fraction of sp³-hybridized carbons (Fsp3) is 0.167. The summed E-state index contributed by atoms with van der Waals surface area (Å²) in [6.07, 6.45) is 1.46. The van der Waals surface area contributed by atoms with Crippen molar-refractivity contribution in [1.82, 2.24) is 9.78 Å². The topological polar surface area (TPSA) is 44.1 Å². The fourth-order valence-corrected chi connectivity index (χ4v) is 2.16. The number of hydrogen-bond acceptors (Lipinski definition) is 3. The smallest absolute Gasteiger partial charge is 0.215 e. The molecule has 0 unspecified atom stereocenters. The molecular formula is C12H10BrFN2O2. The second kappa shape index (κ2) is 4.89. The van der Waals surface area contributed by atoms with E-state index in [1.54, 1.807) is 7.05 Å². The maximum Gasteiger partial charge on any atom is 0.215 e. The Bertz CT molecular complexity index is 610. The third-order valence-corrected chi connectivity index (χ3v) is 3.17. The molecule has 94 valence electrons. The van der Waals surface area contributed by atoms with E-state index in [0.29, 0.717) is 21.5 Å². The van der Waals surface area contributed by atoms with Crippen molar-refractivity contribution in [2.24, 2.45) is 7.05 Å². The Balaban J connectivity index is 2.51. The summed E-state index contributed by atoms with van der Waals surface area (Å²) in [4.78, 5) is 12.3. The van der Waals surface area contributed by atoms with E-state index in [4.69, 9.17) is 4.74 Å². The summed E-state index contributed by atoms with van der Waals surface area (Å²) in [5, 5.41) is 3.96. The molecule has 0 atom stereocenters. The van der Waals surface area contributed by atoms with Gasteiger partial charge in [-0.25, -0.2) is 4.39 Å². The molecule has 0 aliphatic rings. The maximum atomic E-state index is 13.0. The molecule has 0 fully saturated rings. The minimum absolute atomic E-state index is 0.279. The van der Waals surface area contributed by atoms with Crippen LogP contribution in [0.3, 0.4) is 0 Å². The molecular weight excluding hydrogens is 303 g/mol. The highest BCUT2D eigenvalue weighted by Crippen LogP contribution is 2.25. The van der Waals surface area contributed by atoms with Crippen molar-refractivity contribution in [2.75, 3.05) is 7.11 Å². The van der Waals surface area contributed by atoms with Crippen LogP contribution in [0.4, 0.5) is 4.39 Å². The van der Waals surface area contributed by atoms with Crippen molar-refractivity contribution in [3.63, 3.8) is 0 Å². The number of rotatable bonds is 3. The molecule has 18 heavy (non-hydrogen) atoms. The van der Waals surface area contributed by atoms with Gasteiger partial charge in [-0.15, -0.1) is 0 Å². The quantitative estimate of drug-likeness (QED) is 0.818. The number of carbonyl (C=O) groups excluding carboxylic acids is 1. The highest BCUT2D eigenvalue weighted by atomic mass is 79.9. The van der Waals surface area contributed by atoms with Crippen LogP contribution >= 0.6 is 15.9 Å². The van der Waals surface area contributed by atoms with Gasteiger partial charge in [0.1, 0.15) is 5.82 Å². The van der Waals surface area contributed by atoms with Gasteiger partial charge in [0.05, 0.1) is 13.3 Å². The van der Waals surface area contributed by atoms with Gasteiger partial charge in [0.25, 0.3) is 0 Å². The molecule has 1 heterocycles. The molecule has 0 bridgehead atoms. The molecule has 0 amide bonds. The zero-order valence-corrected chi connectivity index (χ0v) is 11.4. The summed E-state index contributed by atoms with van der Waals surface area (Å²) in [6.45, 7) is 0. The molecule has 2 rings (SSSR count). The highest BCUT2D eigenvalue weighted by Gasteiger charge is 2.21. The van der Waals surface area contributed by atoms with Crippen LogP contribution in [0, 0.1) is 5.82 Å². The second-order valence-corrected chi connectivity index (χ2v) is 4.49. The SMILES string of the molecule is COc1cnn(C)c1C(=O)c1ccc(F)cc1Br. The van der Waals surface area contributed by atoms with Gasteiger partial charge in [-0.3, -0.25) is 9.48 Å². The lowest BCUT2D eigenvalue weighted by molar-refractivity contribution is 0.102. The van der Waals surface area contributed by atoms with E-state index in [2.05, 4.69) is 21.0 Å². The Morgan fingerprint density at radius 2 is 2.22 bits per heavy atom. The number of nitrogens with zero attached hydrogens (tertiary/aromatic N) is 2. The lowest BCUT2D eigenvalue weighted by Crippen LogP contribution is -2.10. The molecule has 0 saturated heterocycles. The highest BCUT2D eigenvalue weighted by molar-refractivity contribution is 9.10. The van der Waals surface area contributed by atoms with E-state index in [9.17, 15) is 9.18 Å². The van der Waals surface area contributed by atoms with Crippen LogP contribution < -0.4 is 4.74 Å². The molecule has 2 aromatic rings. The van der Waals surface area contributed by atoms with E-state index in [1.165, 1.54) is 36.2 Å². The number of ether oxygens (including phenoxy) is 1. The second-order valence-electron chi connectivity index (χ2n) is 3.64. The normalized spacial score (nSPS) is 10.4. The Labute approximate surface area is 111 Å². The minimum Gasteiger partial charge on any atom is -0.493 e. The minimum atomic E-state index is -0.407. The Morgan fingerprint density at radius 1 is 1.50 bits per heavy atom. The van der Waals surface area contributed by atoms with Crippen molar-refractivity contribution >= 4 is 21.7 Å². The third-order valence-electron chi connectivity index (χ3n) is 2.52. The summed E-state index contributed by atoms with van der Waals surface area (Å²) in [5.41, 5.74) is 0.683. The summed E-state index contributed by atoms with van der Waals surface area (Å²) >= 11 is 3.17. The number of halogens is 2. The zero-order valence-electron chi connectivity index (χ0n) is 9.78. The van der Waals surface area contributed by atoms with Crippen molar-refractivity contribution in [3.8, 4) is 5.75 Å². The van der Waals surface area contributed by atoms with Gasteiger partial charge in [-0.2, -0.15) is 5.10 Å². The number of methoxy groups -OCH3 is 1. The van der Waals surface area contributed by atoms with Crippen LogP contribution in [0.25, 0.3) is 0 Å². The third kappa shape index (κ3) is 2.15. The monoisotopic (exact) mass is 312 g/mol. The number of aryl methyl sites for hydroxylation is 1. The zero-order chi connectivity index (χ0) is 13.3. The van der Waals surface area contributed by atoms with E-state index < -0.39 is 5.82 Å². The molecule has 4 nitrogen and oxygen atoms in total. The molecule has 0 spiro atoms.